The fourth-order valence-corrected chi connectivity index (χ4v) is 3.77. The molecule has 1 aromatic heterocycles. The number of esters is 1. The van der Waals surface area contributed by atoms with Crippen LogP contribution in [0.2, 0.25) is 5.15 Å². The number of rotatable bonds is 8. The number of fused-ring (bicyclic) bond motifs is 1. The monoisotopic (exact) mass is 499 g/mol. The molecule has 1 aliphatic rings. The van der Waals surface area contributed by atoms with Crippen LogP contribution in [-0.2, 0) is 20.7 Å². The summed E-state index contributed by atoms with van der Waals surface area (Å²) < 4.78 is 30.6. The van der Waals surface area contributed by atoms with E-state index in [9.17, 15) is 14.0 Å². The maximum absolute atomic E-state index is 13.2. The van der Waals surface area contributed by atoms with Crippen molar-refractivity contribution in [1.82, 2.24) is 15.1 Å². The van der Waals surface area contributed by atoms with Crippen molar-refractivity contribution in [1.29, 1.82) is 0 Å². The van der Waals surface area contributed by atoms with Crippen LogP contribution in [0.25, 0.3) is 11.8 Å². The lowest BCUT2D eigenvalue weighted by Gasteiger charge is -2.18. The van der Waals surface area contributed by atoms with Crippen LogP contribution in [0.15, 0.2) is 48.5 Å². The Morgan fingerprint density at radius 2 is 1.91 bits per heavy atom. The van der Waals surface area contributed by atoms with Gasteiger partial charge in [0.15, 0.2) is 18.1 Å². The Bertz CT molecular complexity index is 1260. The number of nitrogens with zero attached hydrogens (tertiary/aromatic N) is 2. The Hall–Kier alpha value is -3.85. The Morgan fingerprint density at radius 1 is 1.17 bits per heavy atom. The number of amides is 1. The molecule has 0 bridgehead atoms. The van der Waals surface area contributed by atoms with Crippen molar-refractivity contribution in [3.05, 3.63) is 76.3 Å². The van der Waals surface area contributed by atoms with Gasteiger partial charge in [-0.3, -0.25) is 4.79 Å². The zero-order valence-electron chi connectivity index (χ0n) is 18.9. The molecule has 4 rings (SSSR count). The van der Waals surface area contributed by atoms with Crippen LogP contribution >= 0.6 is 11.6 Å². The highest BCUT2D eigenvalue weighted by atomic mass is 35.5. The van der Waals surface area contributed by atoms with Crippen molar-refractivity contribution in [2.45, 2.75) is 13.3 Å². The van der Waals surface area contributed by atoms with Gasteiger partial charge < -0.3 is 19.5 Å². The second-order valence-corrected chi connectivity index (χ2v) is 8.06. The topological polar surface area (TPSA) is 91.7 Å². The average molecular weight is 500 g/mol. The first kappa shape index (κ1) is 24.3. The zero-order chi connectivity index (χ0) is 24.8. The smallest absolute Gasteiger partial charge is 0.331 e. The van der Waals surface area contributed by atoms with Gasteiger partial charge in [-0.2, -0.15) is 5.10 Å². The molecule has 3 aromatic rings. The predicted molar refractivity (Wildman–Crippen MR) is 127 cm³/mol. The number of aromatic nitrogens is 2. The Kier molecular flexibility index (Phi) is 7.67. The number of carbonyl (C=O) groups excluding carboxylic acids is 2. The van der Waals surface area contributed by atoms with Crippen molar-refractivity contribution < 1.29 is 28.2 Å². The van der Waals surface area contributed by atoms with Crippen LogP contribution in [-0.4, -0.2) is 48.0 Å². The van der Waals surface area contributed by atoms with Gasteiger partial charge in [-0.05, 0) is 61.4 Å². The second-order valence-electron chi connectivity index (χ2n) is 7.70. The van der Waals surface area contributed by atoms with E-state index in [1.54, 1.807) is 19.1 Å². The molecule has 8 nitrogen and oxygen atoms in total. The molecular formula is C25H23ClFN3O5. The molecule has 35 heavy (non-hydrogen) atoms. The maximum atomic E-state index is 13.2. The first-order valence-corrected chi connectivity index (χ1v) is 11.3. The van der Waals surface area contributed by atoms with Crippen LogP contribution in [0.5, 0.6) is 11.5 Å². The zero-order valence-corrected chi connectivity index (χ0v) is 19.7. The minimum absolute atomic E-state index is 0.259. The predicted octanol–water partition coefficient (Wildman–Crippen LogP) is 3.66. The maximum Gasteiger partial charge on any atom is 0.331 e. The third-order valence-electron chi connectivity index (χ3n) is 5.19. The van der Waals surface area contributed by atoms with Gasteiger partial charge in [-0.1, -0.05) is 17.7 Å². The molecule has 182 valence electrons. The average Bonchev–Trinajstić information content (AvgIpc) is 3.14. The number of aryl methyl sites for hydroxylation is 1. The van der Waals surface area contributed by atoms with Gasteiger partial charge in [0.05, 0.1) is 11.4 Å². The summed E-state index contributed by atoms with van der Waals surface area (Å²) >= 11 is 6.39. The number of ether oxygens (including phenoxy) is 3. The molecule has 10 heteroatoms. The molecule has 0 radical (unpaired) electrons. The molecule has 0 unspecified atom stereocenters. The van der Waals surface area contributed by atoms with E-state index in [4.69, 9.17) is 25.8 Å². The molecule has 0 atom stereocenters. The molecule has 0 saturated heterocycles. The molecule has 0 fully saturated rings. The van der Waals surface area contributed by atoms with Crippen LogP contribution < -0.4 is 14.8 Å². The quantitative estimate of drug-likeness (QED) is 0.376. The normalized spacial score (nSPS) is 12.5. The molecule has 0 spiro atoms. The van der Waals surface area contributed by atoms with Gasteiger partial charge in [0.25, 0.3) is 5.91 Å². The SMILES string of the molecule is Cc1nn(-c2ccc(F)cc2)c(Cl)c1/C=C/C(=O)OCC(=O)NCCc1ccc2c(c1)OCCO2. The molecule has 2 heterocycles. The summed E-state index contributed by atoms with van der Waals surface area (Å²) in [6, 6.07) is 11.3. The highest BCUT2D eigenvalue weighted by molar-refractivity contribution is 6.31. The molecule has 0 saturated carbocycles. The highest BCUT2D eigenvalue weighted by Gasteiger charge is 2.14. The third kappa shape index (κ3) is 6.19. The number of halogens is 2. The van der Waals surface area contributed by atoms with Crippen LogP contribution in [0.3, 0.4) is 0 Å². The van der Waals surface area contributed by atoms with Gasteiger partial charge in [0, 0.05) is 18.2 Å². The van der Waals surface area contributed by atoms with E-state index in [-0.39, 0.29) is 11.0 Å². The summed E-state index contributed by atoms with van der Waals surface area (Å²) in [7, 11) is 0. The van der Waals surface area contributed by atoms with Gasteiger partial charge in [-0.25, -0.2) is 13.9 Å². The number of hydrogen-bond donors (Lipinski definition) is 1. The fraction of sp³-hybridized carbons (Fsp3) is 0.240. The van der Waals surface area contributed by atoms with E-state index < -0.39 is 18.5 Å². The van der Waals surface area contributed by atoms with Crippen LogP contribution in [0.4, 0.5) is 4.39 Å². The van der Waals surface area contributed by atoms with E-state index in [0.717, 1.165) is 5.56 Å². The lowest BCUT2D eigenvalue weighted by Crippen LogP contribution is -2.30. The Morgan fingerprint density at radius 3 is 2.69 bits per heavy atom. The number of carbonyl (C=O) groups is 2. The molecule has 1 N–H and O–H groups in total. The number of benzene rings is 2. The van der Waals surface area contributed by atoms with Gasteiger partial charge in [-0.15, -0.1) is 0 Å². The third-order valence-corrected chi connectivity index (χ3v) is 5.56. The summed E-state index contributed by atoms with van der Waals surface area (Å²) in [6.07, 6.45) is 3.23. The summed E-state index contributed by atoms with van der Waals surface area (Å²) in [5.74, 6) is -0.0776. The lowest BCUT2D eigenvalue weighted by molar-refractivity contribution is -0.143. The molecule has 1 amide bonds. The van der Waals surface area contributed by atoms with Crippen molar-refractivity contribution in [3.63, 3.8) is 0 Å². The van der Waals surface area contributed by atoms with Crippen LogP contribution in [0.1, 0.15) is 16.8 Å². The minimum atomic E-state index is -0.697. The summed E-state index contributed by atoms with van der Waals surface area (Å²) in [6.45, 7) is 2.74. The first-order valence-electron chi connectivity index (χ1n) is 10.9. The highest BCUT2D eigenvalue weighted by Crippen LogP contribution is 2.30. The standard InChI is InChI=1S/C25H23ClFN3O5/c1-16-20(25(26)30(29-16)19-5-3-18(27)4-6-19)7-9-24(32)35-15-23(31)28-11-10-17-2-8-21-22(14-17)34-13-12-33-21/h2-9,14H,10-13,15H2,1H3,(H,28,31)/b9-7+. The van der Waals surface area contributed by atoms with E-state index in [2.05, 4.69) is 10.4 Å². The summed E-state index contributed by atoms with van der Waals surface area (Å²) in [5, 5.41) is 7.29. The number of hydrogen-bond acceptors (Lipinski definition) is 6. The number of nitrogens with one attached hydrogen (secondary N) is 1. The molecule has 2 aromatic carbocycles. The van der Waals surface area contributed by atoms with Crippen molar-refractivity contribution in [3.8, 4) is 17.2 Å². The fourth-order valence-electron chi connectivity index (χ4n) is 3.43. The Balaban J connectivity index is 1.24. The largest absolute Gasteiger partial charge is 0.486 e. The van der Waals surface area contributed by atoms with Gasteiger partial charge in [0.2, 0.25) is 0 Å². The van der Waals surface area contributed by atoms with Crippen molar-refractivity contribution in [2.24, 2.45) is 0 Å². The molecule has 0 aliphatic carbocycles. The molecular weight excluding hydrogens is 477 g/mol. The second kappa shape index (κ2) is 11.1. The van der Waals surface area contributed by atoms with Crippen molar-refractivity contribution >= 4 is 29.6 Å². The lowest BCUT2D eigenvalue weighted by atomic mass is 10.1. The van der Waals surface area contributed by atoms with Gasteiger partial charge in [0.1, 0.15) is 24.2 Å². The first-order chi connectivity index (χ1) is 16.9. The van der Waals surface area contributed by atoms with E-state index in [1.165, 1.54) is 29.0 Å². The van der Waals surface area contributed by atoms with E-state index in [1.807, 2.05) is 18.2 Å². The molecule has 1 aliphatic heterocycles. The summed E-state index contributed by atoms with van der Waals surface area (Å²) in [4.78, 5) is 24.1. The minimum Gasteiger partial charge on any atom is -0.486 e. The summed E-state index contributed by atoms with van der Waals surface area (Å²) in [5.41, 5.74) is 2.65. The van der Waals surface area contributed by atoms with Crippen molar-refractivity contribution in [2.75, 3.05) is 26.4 Å². The van der Waals surface area contributed by atoms with Gasteiger partial charge >= 0.3 is 5.97 Å². The Labute approximate surface area is 206 Å². The van der Waals surface area contributed by atoms with Crippen LogP contribution in [0, 0.1) is 12.7 Å². The van der Waals surface area contributed by atoms with E-state index >= 15 is 0 Å². The van der Waals surface area contributed by atoms with E-state index in [0.29, 0.717) is 54.6 Å².